The molecule has 126 valence electrons. The topological polar surface area (TPSA) is 0 Å². The number of benzene rings is 1. The van der Waals surface area contributed by atoms with Gasteiger partial charge in [-0.3, -0.25) is 0 Å². The fourth-order valence-electron chi connectivity index (χ4n) is 3.25. The van der Waals surface area contributed by atoms with Crippen molar-refractivity contribution in [1.29, 1.82) is 0 Å². The fourth-order valence-corrected chi connectivity index (χ4v) is 4.12. The second kappa shape index (κ2) is 10.7. The van der Waals surface area contributed by atoms with Gasteiger partial charge in [-0.25, -0.2) is 0 Å². The van der Waals surface area contributed by atoms with Gasteiger partial charge in [0, 0.05) is 10.4 Å². The third-order valence-electron chi connectivity index (χ3n) is 5.40. The van der Waals surface area contributed by atoms with Crippen LogP contribution in [-0.2, 0) is 0 Å². The van der Waals surface area contributed by atoms with E-state index in [1.807, 2.05) is 19.1 Å². The van der Waals surface area contributed by atoms with Gasteiger partial charge in [0.2, 0.25) is 0 Å². The normalized spacial score (nSPS) is 22.6. The van der Waals surface area contributed by atoms with E-state index < -0.39 is 0 Å². The molecule has 0 radical (unpaired) electrons. The van der Waals surface area contributed by atoms with Crippen LogP contribution in [0.25, 0.3) is 0 Å². The van der Waals surface area contributed by atoms with Crippen LogP contribution >= 0.6 is 27.5 Å². The summed E-state index contributed by atoms with van der Waals surface area (Å²) in [6, 6.07) is 5.93. The van der Waals surface area contributed by atoms with Crippen LogP contribution in [0, 0.1) is 31.6 Å². The second-order valence-corrected chi connectivity index (χ2v) is 8.03. The maximum Gasteiger partial charge on any atom is 0.0437 e. The summed E-state index contributed by atoms with van der Waals surface area (Å²) in [5, 5.41) is 2.06. The SMILES string of the molecule is CCC(C)C1CCC(CCBr)CC1.Cc1cccc(Cl)c1C. The fraction of sp³-hybridized carbons (Fsp3) is 0.700. The molecule has 1 unspecified atom stereocenters. The Bertz CT molecular complexity index is 401. The first kappa shape index (κ1) is 20.0. The van der Waals surface area contributed by atoms with Gasteiger partial charge in [0.1, 0.15) is 0 Å². The summed E-state index contributed by atoms with van der Waals surface area (Å²) in [5.41, 5.74) is 2.43. The van der Waals surface area contributed by atoms with Crippen molar-refractivity contribution in [3.8, 4) is 0 Å². The molecule has 1 aromatic rings. The molecular weight excluding hydrogens is 356 g/mol. The highest BCUT2D eigenvalue weighted by atomic mass is 79.9. The Hall–Kier alpha value is -0.0100. The summed E-state index contributed by atoms with van der Waals surface area (Å²) in [6.45, 7) is 8.84. The van der Waals surface area contributed by atoms with Crippen LogP contribution in [0.4, 0.5) is 0 Å². The van der Waals surface area contributed by atoms with E-state index in [1.54, 1.807) is 0 Å². The number of halogens is 2. The van der Waals surface area contributed by atoms with Gasteiger partial charge in [-0.15, -0.1) is 0 Å². The minimum absolute atomic E-state index is 0.856. The molecule has 0 amide bonds. The van der Waals surface area contributed by atoms with Gasteiger partial charge in [-0.05, 0) is 68.1 Å². The first-order chi connectivity index (χ1) is 10.5. The van der Waals surface area contributed by atoms with Gasteiger partial charge in [0.05, 0.1) is 0 Å². The molecule has 0 nitrogen and oxygen atoms in total. The van der Waals surface area contributed by atoms with E-state index in [1.165, 1.54) is 55.0 Å². The molecule has 0 spiro atoms. The van der Waals surface area contributed by atoms with Gasteiger partial charge in [-0.2, -0.15) is 0 Å². The molecular formula is C20H32BrCl. The molecule has 1 aliphatic carbocycles. The number of rotatable bonds is 4. The van der Waals surface area contributed by atoms with Gasteiger partial charge in [-0.1, -0.05) is 72.8 Å². The second-order valence-electron chi connectivity index (χ2n) is 6.83. The number of hydrogen-bond acceptors (Lipinski definition) is 0. The molecule has 0 aliphatic heterocycles. The minimum Gasteiger partial charge on any atom is -0.0928 e. The third-order valence-corrected chi connectivity index (χ3v) is 6.26. The molecule has 22 heavy (non-hydrogen) atoms. The van der Waals surface area contributed by atoms with Crippen LogP contribution in [0.5, 0.6) is 0 Å². The summed E-state index contributed by atoms with van der Waals surface area (Å²) < 4.78 is 0. The lowest BCUT2D eigenvalue weighted by atomic mass is 9.75. The van der Waals surface area contributed by atoms with E-state index in [0.29, 0.717) is 0 Å². The maximum absolute atomic E-state index is 5.81. The molecule has 0 N–H and O–H groups in total. The van der Waals surface area contributed by atoms with Crippen LogP contribution in [0.15, 0.2) is 18.2 Å². The molecule has 0 saturated heterocycles. The lowest BCUT2D eigenvalue weighted by Gasteiger charge is -2.31. The molecule has 0 heterocycles. The predicted octanol–water partition coefficient (Wildman–Crippen LogP) is 7.58. The molecule has 1 aromatic carbocycles. The lowest BCUT2D eigenvalue weighted by Crippen LogP contribution is -2.19. The molecule has 1 atom stereocenters. The largest absolute Gasteiger partial charge is 0.0928 e. The number of aryl methyl sites for hydroxylation is 1. The highest BCUT2D eigenvalue weighted by Crippen LogP contribution is 2.35. The van der Waals surface area contributed by atoms with Gasteiger partial charge < -0.3 is 0 Å². The van der Waals surface area contributed by atoms with Crippen LogP contribution in [-0.4, -0.2) is 5.33 Å². The first-order valence-electron chi connectivity index (χ1n) is 8.77. The Kier molecular flexibility index (Phi) is 9.75. The monoisotopic (exact) mass is 386 g/mol. The summed E-state index contributed by atoms with van der Waals surface area (Å²) >= 11 is 9.36. The van der Waals surface area contributed by atoms with Gasteiger partial charge >= 0.3 is 0 Å². The van der Waals surface area contributed by atoms with Gasteiger partial charge in [0.15, 0.2) is 0 Å². The average molecular weight is 388 g/mol. The molecule has 1 saturated carbocycles. The lowest BCUT2D eigenvalue weighted by molar-refractivity contribution is 0.208. The molecule has 0 aromatic heterocycles. The highest BCUT2D eigenvalue weighted by molar-refractivity contribution is 9.09. The Morgan fingerprint density at radius 1 is 1.18 bits per heavy atom. The van der Waals surface area contributed by atoms with Crippen LogP contribution in [0.1, 0.15) is 63.5 Å². The van der Waals surface area contributed by atoms with E-state index in [-0.39, 0.29) is 0 Å². The van der Waals surface area contributed by atoms with Crippen molar-refractivity contribution in [1.82, 2.24) is 0 Å². The number of alkyl halides is 1. The smallest absolute Gasteiger partial charge is 0.0437 e. The van der Waals surface area contributed by atoms with Crippen molar-refractivity contribution in [3.63, 3.8) is 0 Å². The van der Waals surface area contributed by atoms with E-state index >= 15 is 0 Å². The third kappa shape index (κ3) is 6.62. The van der Waals surface area contributed by atoms with E-state index in [4.69, 9.17) is 11.6 Å². The van der Waals surface area contributed by atoms with E-state index in [9.17, 15) is 0 Å². The molecule has 2 heteroatoms. The molecule has 1 fully saturated rings. The molecule has 0 bridgehead atoms. The Labute approximate surface area is 151 Å². The van der Waals surface area contributed by atoms with E-state index in [0.717, 1.165) is 22.8 Å². The number of hydrogen-bond donors (Lipinski definition) is 0. The van der Waals surface area contributed by atoms with Crippen LogP contribution in [0.3, 0.4) is 0 Å². The summed E-state index contributed by atoms with van der Waals surface area (Å²) in [6.07, 6.45) is 8.72. The van der Waals surface area contributed by atoms with E-state index in [2.05, 4.69) is 42.8 Å². The van der Waals surface area contributed by atoms with Crippen molar-refractivity contribution in [2.45, 2.75) is 66.2 Å². The summed E-state index contributed by atoms with van der Waals surface area (Å²) in [5.74, 6) is 3.03. The molecule has 1 aliphatic rings. The summed E-state index contributed by atoms with van der Waals surface area (Å²) in [4.78, 5) is 0. The highest BCUT2D eigenvalue weighted by Gasteiger charge is 2.23. The Morgan fingerprint density at radius 2 is 1.82 bits per heavy atom. The quantitative estimate of drug-likeness (QED) is 0.467. The Balaban J connectivity index is 0.000000235. The maximum atomic E-state index is 5.81. The van der Waals surface area contributed by atoms with Crippen molar-refractivity contribution in [3.05, 3.63) is 34.3 Å². The molecule has 2 rings (SSSR count). The zero-order valence-electron chi connectivity index (χ0n) is 14.7. The van der Waals surface area contributed by atoms with Crippen LogP contribution in [0.2, 0.25) is 5.02 Å². The standard InChI is InChI=1S/C12H23Br.C8H9Cl/c1-3-10(2)12-6-4-11(5-7-12)8-9-13;1-6-4-3-5-8(9)7(6)2/h10-12H,3-9H2,1-2H3;3-5H,1-2H3. The predicted molar refractivity (Wildman–Crippen MR) is 104 cm³/mol. The Morgan fingerprint density at radius 3 is 2.27 bits per heavy atom. The summed E-state index contributed by atoms with van der Waals surface area (Å²) in [7, 11) is 0. The average Bonchev–Trinajstić information content (AvgIpc) is 2.53. The van der Waals surface area contributed by atoms with Crippen molar-refractivity contribution >= 4 is 27.5 Å². The van der Waals surface area contributed by atoms with Gasteiger partial charge in [0.25, 0.3) is 0 Å². The van der Waals surface area contributed by atoms with Crippen LogP contribution < -0.4 is 0 Å². The zero-order valence-corrected chi connectivity index (χ0v) is 17.0. The van der Waals surface area contributed by atoms with Crippen molar-refractivity contribution in [2.24, 2.45) is 17.8 Å². The minimum atomic E-state index is 0.856. The first-order valence-corrected chi connectivity index (χ1v) is 10.3. The zero-order chi connectivity index (χ0) is 16.5. The van der Waals surface area contributed by atoms with Crippen molar-refractivity contribution < 1.29 is 0 Å². The van der Waals surface area contributed by atoms with Crippen molar-refractivity contribution in [2.75, 3.05) is 5.33 Å².